The van der Waals surface area contributed by atoms with E-state index in [9.17, 15) is 0 Å². The lowest BCUT2D eigenvalue weighted by atomic mass is 10.0. The second-order valence-corrected chi connectivity index (χ2v) is 14.0. The summed E-state index contributed by atoms with van der Waals surface area (Å²) in [5.74, 6) is 0. The van der Waals surface area contributed by atoms with Crippen molar-refractivity contribution >= 4 is 70.4 Å². The Morgan fingerprint density at radius 3 is 1.39 bits per heavy atom. The van der Waals surface area contributed by atoms with Gasteiger partial charge in [-0.25, -0.2) is 0 Å². The SMILES string of the molecule is c1ccc(-c2ccc(N(c3ccc(-c4ccccc4)cc3)c3ccc4sc5c(-n6c7ccccc7c7ccccc76)cccc5c4c3)cc2)cc1. The van der Waals surface area contributed by atoms with E-state index < -0.39 is 0 Å². The number of para-hydroxylation sites is 2. The van der Waals surface area contributed by atoms with Gasteiger partial charge in [-0.3, -0.25) is 0 Å². The fraction of sp³-hybridized carbons (Fsp3) is 0. The summed E-state index contributed by atoms with van der Waals surface area (Å²) in [4.78, 5) is 2.38. The molecule has 0 saturated carbocycles. The quantitative estimate of drug-likeness (QED) is 0.171. The first-order chi connectivity index (χ1) is 25.3. The first-order valence-corrected chi connectivity index (χ1v) is 18.2. The van der Waals surface area contributed by atoms with Crippen LogP contribution in [0, 0.1) is 0 Å². The highest BCUT2D eigenvalue weighted by Crippen LogP contribution is 2.44. The van der Waals surface area contributed by atoms with E-state index in [4.69, 9.17) is 0 Å². The number of hydrogen-bond donors (Lipinski definition) is 0. The van der Waals surface area contributed by atoms with Crippen molar-refractivity contribution in [3.05, 3.63) is 194 Å². The molecule has 51 heavy (non-hydrogen) atoms. The van der Waals surface area contributed by atoms with Crippen molar-refractivity contribution in [2.24, 2.45) is 0 Å². The standard InChI is InChI=1S/C48H32N2S/c1-3-12-33(13-4-1)35-22-26-37(27-23-35)49(38-28-24-36(25-29-38)34-14-5-2-6-15-34)39-30-31-47-43(32-39)42-18-11-21-46(48(42)51-47)50-44-19-9-7-16-40(44)41-17-8-10-20-45(41)50/h1-32H. The molecule has 10 aromatic rings. The summed E-state index contributed by atoms with van der Waals surface area (Å²) in [6.07, 6.45) is 0. The maximum atomic E-state index is 2.44. The van der Waals surface area contributed by atoms with Crippen molar-refractivity contribution in [3.63, 3.8) is 0 Å². The van der Waals surface area contributed by atoms with E-state index in [1.165, 1.54) is 69.9 Å². The molecule has 0 aliphatic rings. The lowest BCUT2D eigenvalue weighted by molar-refractivity contribution is 1.20. The predicted molar refractivity (Wildman–Crippen MR) is 219 cm³/mol. The first-order valence-electron chi connectivity index (χ1n) is 17.4. The third kappa shape index (κ3) is 5.01. The topological polar surface area (TPSA) is 8.17 Å². The number of fused-ring (bicyclic) bond motifs is 6. The summed E-state index contributed by atoms with van der Waals surface area (Å²) in [7, 11) is 0. The first kappa shape index (κ1) is 29.5. The average molecular weight is 669 g/mol. The molecule has 0 unspecified atom stereocenters. The van der Waals surface area contributed by atoms with Crippen LogP contribution in [0.3, 0.4) is 0 Å². The van der Waals surface area contributed by atoms with Crippen LogP contribution in [0.25, 0.3) is 69.9 Å². The van der Waals surface area contributed by atoms with Crippen molar-refractivity contribution in [2.75, 3.05) is 4.90 Å². The Morgan fingerprint density at radius 2 is 0.824 bits per heavy atom. The normalized spacial score (nSPS) is 11.5. The van der Waals surface area contributed by atoms with E-state index in [0.29, 0.717) is 0 Å². The van der Waals surface area contributed by atoms with Gasteiger partial charge in [-0.05, 0) is 82.9 Å². The van der Waals surface area contributed by atoms with E-state index in [-0.39, 0.29) is 0 Å². The molecule has 2 aromatic heterocycles. The molecule has 0 saturated heterocycles. The van der Waals surface area contributed by atoms with Gasteiger partial charge in [0.15, 0.2) is 0 Å². The minimum absolute atomic E-state index is 1.12. The van der Waals surface area contributed by atoms with Crippen molar-refractivity contribution in [1.29, 1.82) is 0 Å². The Morgan fingerprint density at radius 1 is 0.353 bits per heavy atom. The lowest BCUT2D eigenvalue weighted by Crippen LogP contribution is -2.09. The van der Waals surface area contributed by atoms with Crippen LogP contribution in [0.5, 0.6) is 0 Å². The van der Waals surface area contributed by atoms with E-state index in [1.807, 2.05) is 11.3 Å². The molecular formula is C48H32N2S. The van der Waals surface area contributed by atoms with E-state index in [1.54, 1.807) is 0 Å². The van der Waals surface area contributed by atoms with E-state index in [0.717, 1.165) is 17.1 Å². The number of thiophene rings is 1. The largest absolute Gasteiger partial charge is 0.310 e. The van der Waals surface area contributed by atoms with Crippen LogP contribution in [0.15, 0.2) is 194 Å². The summed E-state index contributed by atoms with van der Waals surface area (Å²) >= 11 is 1.88. The minimum Gasteiger partial charge on any atom is -0.310 e. The van der Waals surface area contributed by atoms with E-state index in [2.05, 4.69) is 204 Å². The van der Waals surface area contributed by atoms with Gasteiger partial charge in [-0.15, -0.1) is 11.3 Å². The fourth-order valence-electron chi connectivity index (χ4n) is 7.58. The molecule has 0 amide bonds. The number of benzene rings is 8. The van der Waals surface area contributed by atoms with Gasteiger partial charge < -0.3 is 9.47 Å². The van der Waals surface area contributed by atoms with Gasteiger partial charge in [0.05, 0.1) is 21.4 Å². The summed E-state index contributed by atoms with van der Waals surface area (Å²) in [5, 5.41) is 5.10. The lowest BCUT2D eigenvalue weighted by Gasteiger charge is -2.26. The molecule has 0 radical (unpaired) electrons. The zero-order valence-corrected chi connectivity index (χ0v) is 28.6. The highest BCUT2D eigenvalue weighted by molar-refractivity contribution is 7.26. The molecule has 240 valence electrons. The maximum Gasteiger partial charge on any atom is 0.0640 e. The molecule has 2 nitrogen and oxygen atoms in total. The fourth-order valence-corrected chi connectivity index (χ4v) is 8.77. The second kappa shape index (κ2) is 12.2. The second-order valence-electron chi connectivity index (χ2n) is 13.0. The summed E-state index contributed by atoms with van der Waals surface area (Å²) in [5.41, 5.74) is 11.9. The predicted octanol–water partition coefficient (Wildman–Crippen LogP) is 14.0. The summed E-state index contributed by atoms with van der Waals surface area (Å²) in [6.45, 7) is 0. The zero-order valence-electron chi connectivity index (χ0n) is 27.8. The van der Waals surface area contributed by atoms with Gasteiger partial charge in [-0.2, -0.15) is 0 Å². The smallest absolute Gasteiger partial charge is 0.0640 e. The third-order valence-electron chi connectivity index (χ3n) is 10.0. The Balaban J connectivity index is 1.13. The molecule has 0 aliphatic carbocycles. The highest BCUT2D eigenvalue weighted by atomic mass is 32.1. The van der Waals surface area contributed by atoms with E-state index >= 15 is 0 Å². The van der Waals surface area contributed by atoms with Crippen LogP contribution in [-0.4, -0.2) is 4.57 Å². The van der Waals surface area contributed by atoms with Crippen LogP contribution in [-0.2, 0) is 0 Å². The number of hydrogen-bond acceptors (Lipinski definition) is 2. The molecule has 8 aromatic carbocycles. The van der Waals surface area contributed by atoms with Crippen LogP contribution in [0.1, 0.15) is 0 Å². The highest BCUT2D eigenvalue weighted by Gasteiger charge is 2.19. The molecule has 3 heteroatoms. The van der Waals surface area contributed by atoms with Gasteiger partial charge >= 0.3 is 0 Å². The Hall–Kier alpha value is -6.42. The third-order valence-corrected chi connectivity index (χ3v) is 11.2. The molecule has 0 fully saturated rings. The zero-order chi connectivity index (χ0) is 33.7. The monoisotopic (exact) mass is 668 g/mol. The molecule has 0 atom stereocenters. The van der Waals surface area contributed by atoms with Crippen LogP contribution < -0.4 is 4.90 Å². The van der Waals surface area contributed by atoms with Crippen LogP contribution >= 0.6 is 11.3 Å². The van der Waals surface area contributed by atoms with Crippen LogP contribution in [0.4, 0.5) is 17.1 Å². The van der Waals surface area contributed by atoms with Crippen molar-refractivity contribution in [2.45, 2.75) is 0 Å². The Bertz CT molecular complexity index is 2690. The van der Waals surface area contributed by atoms with Gasteiger partial charge in [-0.1, -0.05) is 133 Å². The molecule has 0 N–H and O–H groups in total. The number of nitrogens with zero attached hydrogens (tertiary/aromatic N) is 2. The van der Waals surface area contributed by atoms with Crippen molar-refractivity contribution in [3.8, 4) is 27.9 Å². The minimum atomic E-state index is 1.12. The molecule has 10 rings (SSSR count). The van der Waals surface area contributed by atoms with Gasteiger partial charge in [0, 0.05) is 43.3 Å². The average Bonchev–Trinajstić information content (AvgIpc) is 3.75. The van der Waals surface area contributed by atoms with Gasteiger partial charge in [0.25, 0.3) is 0 Å². The van der Waals surface area contributed by atoms with Crippen molar-refractivity contribution in [1.82, 2.24) is 4.57 Å². The molecule has 0 spiro atoms. The number of rotatable bonds is 6. The van der Waals surface area contributed by atoms with Gasteiger partial charge in [0.2, 0.25) is 0 Å². The molecular weight excluding hydrogens is 637 g/mol. The maximum absolute atomic E-state index is 2.44. The Kier molecular flexibility index (Phi) is 7.04. The molecule has 0 aliphatic heterocycles. The van der Waals surface area contributed by atoms with Gasteiger partial charge in [0.1, 0.15) is 0 Å². The number of aromatic nitrogens is 1. The molecule has 0 bridgehead atoms. The molecule has 2 heterocycles. The van der Waals surface area contributed by atoms with Crippen LogP contribution in [0.2, 0.25) is 0 Å². The van der Waals surface area contributed by atoms with Crippen molar-refractivity contribution < 1.29 is 0 Å². The summed E-state index contributed by atoms with van der Waals surface area (Å²) < 4.78 is 5.01. The Labute approximate surface area is 300 Å². The summed E-state index contributed by atoms with van der Waals surface area (Å²) in [6, 6.07) is 70.3. The number of anilines is 3.